The maximum atomic E-state index is 13.7. The van der Waals surface area contributed by atoms with Gasteiger partial charge in [0, 0.05) is 13.1 Å². The molecule has 0 saturated carbocycles. The van der Waals surface area contributed by atoms with Crippen molar-refractivity contribution in [2.75, 3.05) is 65.9 Å². The third kappa shape index (κ3) is 6.38. The largest absolute Gasteiger partial charge is 0.377 e. The van der Waals surface area contributed by atoms with E-state index in [-0.39, 0.29) is 11.8 Å². The third-order valence-corrected chi connectivity index (χ3v) is 5.98. The molecule has 0 radical (unpaired) electrons. The van der Waals surface area contributed by atoms with E-state index < -0.39 is 17.9 Å². The molecular weight excluding hydrogens is 428 g/mol. The van der Waals surface area contributed by atoms with Crippen molar-refractivity contribution >= 4 is 17.7 Å². The number of imide groups is 1. The Bertz CT molecular complexity index is 765. The van der Waals surface area contributed by atoms with Gasteiger partial charge in [-0.25, -0.2) is 0 Å². The molecule has 2 atom stereocenters. The third-order valence-electron chi connectivity index (χ3n) is 5.98. The average molecular weight is 463 g/mol. The molecule has 2 heterocycles. The van der Waals surface area contributed by atoms with Gasteiger partial charge in [0.05, 0.1) is 64.0 Å². The van der Waals surface area contributed by atoms with Crippen molar-refractivity contribution in [3.63, 3.8) is 0 Å². The first-order chi connectivity index (χ1) is 16.1. The van der Waals surface area contributed by atoms with Crippen molar-refractivity contribution < 1.29 is 33.3 Å². The van der Waals surface area contributed by atoms with Gasteiger partial charge in [0.15, 0.2) is 0 Å². The van der Waals surface area contributed by atoms with Crippen molar-refractivity contribution in [3.8, 4) is 0 Å². The van der Waals surface area contributed by atoms with Crippen molar-refractivity contribution in [2.45, 2.75) is 26.3 Å². The van der Waals surface area contributed by atoms with Crippen LogP contribution in [0.1, 0.15) is 41.0 Å². The molecular formula is C24H34N2O7. The average Bonchev–Trinajstić information content (AvgIpc) is 3.07. The van der Waals surface area contributed by atoms with Gasteiger partial charge in [-0.15, -0.1) is 0 Å². The summed E-state index contributed by atoms with van der Waals surface area (Å²) < 4.78 is 22.1. The number of ether oxygens (including phenoxy) is 4. The minimum Gasteiger partial charge on any atom is -0.377 e. The Morgan fingerprint density at radius 2 is 1.24 bits per heavy atom. The number of benzene rings is 1. The second-order valence-corrected chi connectivity index (χ2v) is 8.13. The molecule has 0 aromatic heterocycles. The van der Waals surface area contributed by atoms with Crippen LogP contribution in [0, 0.1) is 5.92 Å². The fraction of sp³-hybridized carbons (Fsp3) is 0.625. The number of nitrogens with zero attached hydrogens (tertiary/aromatic N) is 2. The number of amides is 3. The fourth-order valence-corrected chi connectivity index (χ4v) is 3.92. The summed E-state index contributed by atoms with van der Waals surface area (Å²) in [5.74, 6) is -1.33. The van der Waals surface area contributed by atoms with E-state index in [2.05, 4.69) is 0 Å². The number of hydrogen-bond donors (Lipinski definition) is 0. The van der Waals surface area contributed by atoms with Crippen molar-refractivity contribution in [3.05, 3.63) is 35.4 Å². The van der Waals surface area contributed by atoms with Gasteiger partial charge >= 0.3 is 0 Å². The van der Waals surface area contributed by atoms with Gasteiger partial charge in [0.1, 0.15) is 6.04 Å². The summed E-state index contributed by atoms with van der Waals surface area (Å²) >= 11 is 0. The normalized spacial score (nSPS) is 21.2. The molecule has 9 nitrogen and oxygen atoms in total. The summed E-state index contributed by atoms with van der Waals surface area (Å²) in [6, 6.07) is 5.81. The SMILES string of the molecule is CCC(C)C(C(=O)N1CCOCCOCCOCCOCC1)N1C(=O)c2ccccc2C1=O. The molecule has 3 rings (SSSR count). The van der Waals surface area contributed by atoms with Crippen LogP contribution in [0.2, 0.25) is 0 Å². The first-order valence-corrected chi connectivity index (χ1v) is 11.6. The molecule has 0 spiro atoms. The Morgan fingerprint density at radius 3 is 1.67 bits per heavy atom. The molecule has 1 saturated heterocycles. The van der Waals surface area contributed by atoms with Gasteiger partial charge in [0.25, 0.3) is 11.8 Å². The Labute approximate surface area is 194 Å². The maximum Gasteiger partial charge on any atom is 0.262 e. The first kappa shape index (κ1) is 25.3. The van der Waals surface area contributed by atoms with Crippen LogP contribution in [-0.4, -0.2) is 99.5 Å². The zero-order valence-corrected chi connectivity index (χ0v) is 19.5. The van der Waals surface area contributed by atoms with Gasteiger partial charge in [0.2, 0.25) is 5.91 Å². The Kier molecular flexibility index (Phi) is 9.80. The van der Waals surface area contributed by atoms with E-state index in [0.717, 1.165) is 4.90 Å². The molecule has 0 aliphatic carbocycles. The zero-order chi connectivity index (χ0) is 23.6. The van der Waals surface area contributed by atoms with Gasteiger partial charge in [-0.1, -0.05) is 32.4 Å². The second-order valence-electron chi connectivity index (χ2n) is 8.13. The van der Waals surface area contributed by atoms with Crippen LogP contribution < -0.4 is 0 Å². The molecule has 2 aliphatic heterocycles. The summed E-state index contributed by atoms with van der Waals surface area (Å²) in [7, 11) is 0. The maximum absolute atomic E-state index is 13.7. The van der Waals surface area contributed by atoms with Crippen LogP contribution in [-0.2, 0) is 23.7 Å². The standard InChI is InChI=1S/C24H34N2O7/c1-3-18(2)21(26-22(27)19-6-4-5-7-20(19)23(26)28)24(29)25-8-10-30-12-14-32-16-17-33-15-13-31-11-9-25/h4-7,18,21H,3,8-17H2,1-2H3. The highest BCUT2D eigenvalue weighted by Gasteiger charge is 2.45. The summed E-state index contributed by atoms with van der Waals surface area (Å²) in [4.78, 5) is 42.8. The highest BCUT2D eigenvalue weighted by molar-refractivity contribution is 6.22. The second kappa shape index (κ2) is 12.8. The minimum atomic E-state index is -0.892. The molecule has 0 N–H and O–H groups in total. The van der Waals surface area contributed by atoms with Crippen LogP contribution in [0.3, 0.4) is 0 Å². The van der Waals surface area contributed by atoms with Crippen molar-refractivity contribution in [2.24, 2.45) is 5.92 Å². The topological polar surface area (TPSA) is 94.6 Å². The number of carbonyl (C=O) groups excluding carboxylic acids is 3. The van der Waals surface area contributed by atoms with Crippen molar-refractivity contribution in [1.82, 2.24) is 9.80 Å². The van der Waals surface area contributed by atoms with Crippen LogP contribution in [0.5, 0.6) is 0 Å². The van der Waals surface area contributed by atoms with E-state index in [1.54, 1.807) is 29.2 Å². The molecule has 1 fully saturated rings. The highest BCUT2D eigenvalue weighted by Crippen LogP contribution is 2.29. The lowest BCUT2D eigenvalue weighted by atomic mass is 9.96. The van der Waals surface area contributed by atoms with E-state index in [9.17, 15) is 14.4 Å². The number of rotatable bonds is 4. The van der Waals surface area contributed by atoms with Crippen LogP contribution in [0.15, 0.2) is 24.3 Å². The van der Waals surface area contributed by atoms with Crippen LogP contribution in [0.25, 0.3) is 0 Å². The number of fused-ring (bicyclic) bond motifs is 1. The Morgan fingerprint density at radius 1 is 0.818 bits per heavy atom. The predicted molar refractivity (Wildman–Crippen MR) is 120 cm³/mol. The lowest BCUT2D eigenvalue weighted by Crippen LogP contribution is -2.55. The van der Waals surface area contributed by atoms with Crippen LogP contribution in [0.4, 0.5) is 0 Å². The molecule has 3 amide bonds. The molecule has 9 heteroatoms. The fourth-order valence-electron chi connectivity index (χ4n) is 3.92. The lowest BCUT2D eigenvalue weighted by Gasteiger charge is -2.34. The monoisotopic (exact) mass is 462 g/mol. The summed E-state index contributed by atoms with van der Waals surface area (Å²) in [5.41, 5.74) is 0.680. The Hall–Kier alpha value is -2.33. The quantitative estimate of drug-likeness (QED) is 0.628. The van der Waals surface area contributed by atoms with E-state index in [1.165, 1.54) is 0 Å². The highest BCUT2D eigenvalue weighted by atomic mass is 16.6. The molecule has 33 heavy (non-hydrogen) atoms. The number of carbonyl (C=O) groups is 3. The van der Waals surface area contributed by atoms with Crippen LogP contribution >= 0.6 is 0 Å². The first-order valence-electron chi connectivity index (χ1n) is 11.6. The Balaban J connectivity index is 1.77. The summed E-state index contributed by atoms with van der Waals surface area (Å²) in [5, 5.41) is 0. The molecule has 1 aromatic rings. The van der Waals surface area contributed by atoms with E-state index in [1.807, 2.05) is 13.8 Å². The minimum absolute atomic E-state index is 0.208. The van der Waals surface area contributed by atoms with E-state index in [4.69, 9.17) is 18.9 Å². The predicted octanol–water partition coefficient (Wildman–Crippen LogP) is 1.61. The molecule has 0 bridgehead atoms. The molecule has 2 unspecified atom stereocenters. The number of hydrogen-bond acceptors (Lipinski definition) is 7. The lowest BCUT2D eigenvalue weighted by molar-refractivity contribution is -0.138. The van der Waals surface area contributed by atoms with Gasteiger partial charge in [-0.3, -0.25) is 19.3 Å². The zero-order valence-electron chi connectivity index (χ0n) is 19.5. The smallest absolute Gasteiger partial charge is 0.262 e. The van der Waals surface area contributed by atoms with Gasteiger partial charge in [-0.05, 0) is 18.1 Å². The molecule has 182 valence electrons. The summed E-state index contributed by atoms with van der Waals surface area (Å²) in [6.45, 7) is 7.82. The van der Waals surface area contributed by atoms with Gasteiger partial charge < -0.3 is 23.8 Å². The van der Waals surface area contributed by atoms with E-state index in [0.29, 0.717) is 83.5 Å². The van der Waals surface area contributed by atoms with Gasteiger partial charge in [-0.2, -0.15) is 0 Å². The molecule has 2 aliphatic rings. The van der Waals surface area contributed by atoms with Crippen molar-refractivity contribution in [1.29, 1.82) is 0 Å². The van der Waals surface area contributed by atoms with E-state index >= 15 is 0 Å². The molecule has 1 aromatic carbocycles. The summed E-state index contributed by atoms with van der Waals surface area (Å²) in [6.07, 6.45) is 0.638.